The second-order valence-corrected chi connectivity index (χ2v) is 3.42. The molecule has 0 aromatic rings. The third-order valence-electron chi connectivity index (χ3n) is 2.49. The van der Waals surface area contributed by atoms with E-state index >= 15 is 0 Å². The predicted octanol–water partition coefficient (Wildman–Crippen LogP) is -0.643. The van der Waals surface area contributed by atoms with Gasteiger partial charge in [-0.1, -0.05) is 0 Å². The van der Waals surface area contributed by atoms with Crippen LogP contribution in [0.4, 0.5) is 0 Å². The van der Waals surface area contributed by atoms with Gasteiger partial charge in [0.25, 0.3) is 0 Å². The van der Waals surface area contributed by atoms with Crippen LogP contribution in [0.5, 0.6) is 0 Å². The van der Waals surface area contributed by atoms with Crippen molar-refractivity contribution in [2.45, 2.75) is 12.5 Å². The number of aliphatic hydroxyl groups is 1. The van der Waals surface area contributed by atoms with Gasteiger partial charge in [0, 0.05) is 18.5 Å². The zero-order valence-electron chi connectivity index (χ0n) is 5.97. The van der Waals surface area contributed by atoms with Crippen LogP contribution in [0, 0.1) is 5.41 Å². The molecule has 0 aromatic carbocycles. The molecule has 2 saturated heterocycles. The van der Waals surface area contributed by atoms with E-state index in [4.69, 9.17) is 9.84 Å². The van der Waals surface area contributed by atoms with Gasteiger partial charge in [-0.3, -0.25) is 0 Å². The van der Waals surface area contributed by atoms with Crippen LogP contribution in [0.25, 0.3) is 0 Å². The van der Waals surface area contributed by atoms with Gasteiger partial charge in [0.05, 0.1) is 19.3 Å². The molecule has 1 spiro atoms. The summed E-state index contributed by atoms with van der Waals surface area (Å²) in [5, 5.41) is 12.0. The van der Waals surface area contributed by atoms with Gasteiger partial charge in [-0.15, -0.1) is 0 Å². The fourth-order valence-corrected chi connectivity index (χ4v) is 1.74. The SMILES string of the molecule is OCC1CC2(CNC2)CO1. The smallest absolute Gasteiger partial charge is 0.0813 e. The largest absolute Gasteiger partial charge is 0.394 e. The molecule has 2 fully saturated rings. The number of nitrogens with one attached hydrogen (secondary N) is 1. The molecule has 2 N–H and O–H groups in total. The van der Waals surface area contributed by atoms with Gasteiger partial charge >= 0.3 is 0 Å². The van der Waals surface area contributed by atoms with Crippen molar-refractivity contribution in [1.29, 1.82) is 0 Å². The third kappa shape index (κ3) is 0.856. The van der Waals surface area contributed by atoms with Crippen molar-refractivity contribution >= 4 is 0 Å². The normalized spacial score (nSPS) is 36.3. The highest BCUT2D eigenvalue weighted by molar-refractivity contribution is 4.97. The zero-order valence-corrected chi connectivity index (χ0v) is 5.97. The molecular weight excluding hydrogens is 130 g/mol. The number of aliphatic hydroxyl groups excluding tert-OH is 1. The Bertz CT molecular complexity index is 134. The van der Waals surface area contributed by atoms with Crippen molar-refractivity contribution in [3.63, 3.8) is 0 Å². The van der Waals surface area contributed by atoms with Crippen molar-refractivity contribution in [3.8, 4) is 0 Å². The van der Waals surface area contributed by atoms with E-state index in [1.165, 1.54) is 0 Å². The van der Waals surface area contributed by atoms with E-state index in [9.17, 15) is 0 Å². The van der Waals surface area contributed by atoms with Crippen LogP contribution in [0.2, 0.25) is 0 Å². The molecule has 0 radical (unpaired) electrons. The fourth-order valence-electron chi connectivity index (χ4n) is 1.74. The lowest BCUT2D eigenvalue weighted by Gasteiger charge is -2.37. The van der Waals surface area contributed by atoms with E-state index in [1.54, 1.807) is 0 Å². The maximum Gasteiger partial charge on any atom is 0.0813 e. The lowest BCUT2D eigenvalue weighted by Crippen LogP contribution is -2.53. The van der Waals surface area contributed by atoms with Crippen molar-refractivity contribution < 1.29 is 9.84 Å². The second kappa shape index (κ2) is 2.19. The minimum atomic E-state index is 0.113. The molecule has 2 aliphatic heterocycles. The van der Waals surface area contributed by atoms with Gasteiger partial charge < -0.3 is 15.2 Å². The van der Waals surface area contributed by atoms with Crippen molar-refractivity contribution in [1.82, 2.24) is 5.32 Å². The maximum atomic E-state index is 8.77. The first-order valence-electron chi connectivity index (χ1n) is 3.78. The van der Waals surface area contributed by atoms with Crippen molar-refractivity contribution in [3.05, 3.63) is 0 Å². The summed E-state index contributed by atoms with van der Waals surface area (Å²) in [6.07, 6.45) is 1.15. The fraction of sp³-hybridized carbons (Fsp3) is 1.00. The number of ether oxygens (including phenoxy) is 1. The van der Waals surface area contributed by atoms with E-state index < -0.39 is 0 Å². The van der Waals surface area contributed by atoms with Crippen LogP contribution in [-0.4, -0.2) is 37.5 Å². The first-order chi connectivity index (χ1) is 4.85. The lowest BCUT2D eigenvalue weighted by atomic mass is 9.80. The molecule has 0 saturated carbocycles. The Balaban J connectivity index is 1.92. The van der Waals surface area contributed by atoms with E-state index in [0.29, 0.717) is 5.41 Å². The highest BCUT2D eigenvalue weighted by atomic mass is 16.5. The van der Waals surface area contributed by atoms with Crippen molar-refractivity contribution in [2.24, 2.45) is 5.41 Å². The van der Waals surface area contributed by atoms with Gasteiger partial charge in [-0.2, -0.15) is 0 Å². The Morgan fingerprint density at radius 1 is 1.60 bits per heavy atom. The Morgan fingerprint density at radius 3 is 2.70 bits per heavy atom. The number of hydrogen-bond donors (Lipinski definition) is 2. The summed E-state index contributed by atoms with van der Waals surface area (Å²) in [4.78, 5) is 0. The first kappa shape index (κ1) is 6.58. The Labute approximate surface area is 60.4 Å². The lowest BCUT2D eigenvalue weighted by molar-refractivity contribution is 0.0474. The van der Waals surface area contributed by atoms with Crippen LogP contribution < -0.4 is 5.32 Å². The zero-order chi connectivity index (χ0) is 7.03. The van der Waals surface area contributed by atoms with Crippen molar-refractivity contribution in [2.75, 3.05) is 26.3 Å². The summed E-state index contributed by atoms with van der Waals surface area (Å²) in [6, 6.07) is 0. The highest BCUT2D eigenvalue weighted by Crippen LogP contribution is 2.35. The Morgan fingerprint density at radius 2 is 2.40 bits per heavy atom. The van der Waals surface area contributed by atoms with Gasteiger partial charge in [-0.05, 0) is 6.42 Å². The maximum absolute atomic E-state index is 8.77. The first-order valence-corrected chi connectivity index (χ1v) is 3.78. The van der Waals surface area contributed by atoms with Crippen LogP contribution in [0.1, 0.15) is 6.42 Å². The van der Waals surface area contributed by atoms with E-state index in [0.717, 1.165) is 26.1 Å². The summed E-state index contributed by atoms with van der Waals surface area (Å²) in [7, 11) is 0. The molecule has 0 bridgehead atoms. The van der Waals surface area contributed by atoms with Gasteiger partial charge in [-0.25, -0.2) is 0 Å². The minimum Gasteiger partial charge on any atom is -0.394 e. The Kier molecular flexibility index (Phi) is 1.44. The molecule has 3 nitrogen and oxygen atoms in total. The van der Waals surface area contributed by atoms with E-state index in [2.05, 4.69) is 5.32 Å². The molecular formula is C7H13NO2. The standard InChI is InChI=1S/C7H13NO2/c9-2-6-1-7(5-10-6)3-8-4-7/h6,8-9H,1-5H2. The molecule has 1 atom stereocenters. The monoisotopic (exact) mass is 143 g/mol. The van der Waals surface area contributed by atoms with E-state index in [-0.39, 0.29) is 12.7 Å². The molecule has 2 rings (SSSR count). The molecule has 2 aliphatic rings. The quantitative estimate of drug-likeness (QED) is 0.513. The topological polar surface area (TPSA) is 41.5 Å². The predicted molar refractivity (Wildman–Crippen MR) is 36.7 cm³/mol. The van der Waals surface area contributed by atoms with Crippen LogP contribution in [-0.2, 0) is 4.74 Å². The molecule has 0 aromatic heterocycles. The average Bonchev–Trinajstić information content (AvgIpc) is 2.29. The molecule has 58 valence electrons. The van der Waals surface area contributed by atoms with Crippen LogP contribution in [0.15, 0.2) is 0 Å². The van der Waals surface area contributed by atoms with Gasteiger partial charge in [0.1, 0.15) is 0 Å². The van der Waals surface area contributed by atoms with Crippen LogP contribution in [0.3, 0.4) is 0 Å². The summed E-state index contributed by atoms with van der Waals surface area (Å²) < 4.78 is 5.37. The molecule has 2 heterocycles. The molecule has 10 heavy (non-hydrogen) atoms. The second-order valence-electron chi connectivity index (χ2n) is 3.42. The van der Waals surface area contributed by atoms with Gasteiger partial charge in [0.2, 0.25) is 0 Å². The molecule has 1 unspecified atom stereocenters. The summed E-state index contributed by atoms with van der Waals surface area (Å²) in [5.41, 5.74) is 0.396. The average molecular weight is 143 g/mol. The Hall–Kier alpha value is -0.120. The minimum absolute atomic E-state index is 0.113. The number of hydrogen-bond acceptors (Lipinski definition) is 3. The number of rotatable bonds is 1. The highest BCUT2D eigenvalue weighted by Gasteiger charge is 2.44. The van der Waals surface area contributed by atoms with Crippen LogP contribution >= 0.6 is 0 Å². The summed E-state index contributed by atoms with van der Waals surface area (Å²) in [6.45, 7) is 3.17. The van der Waals surface area contributed by atoms with Gasteiger partial charge in [0.15, 0.2) is 0 Å². The van der Waals surface area contributed by atoms with E-state index in [1.807, 2.05) is 0 Å². The molecule has 0 aliphatic carbocycles. The summed E-state index contributed by atoms with van der Waals surface area (Å²) >= 11 is 0. The third-order valence-corrected chi connectivity index (χ3v) is 2.49. The summed E-state index contributed by atoms with van der Waals surface area (Å²) in [5.74, 6) is 0. The molecule has 3 heteroatoms. The molecule has 0 amide bonds.